The van der Waals surface area contributed by atoms with Crippen LogP contribution in [0.4, 0.5) is 10.5 Å². The molecule has 2 amide bonds. The van der Waals surface area contributed by atoms with Crippen LogP contribution < -0.4 is 5.69 Å². The van der Waals surface area contributed by atoms with E-state index in [0.717, 1.165) is 4.90 Å². The number of carbonyl (C=O) groups is 2. The number of nitro groups is 1. The third-order valence-electron chi connectivity index (χ3n) is 5.06. The van der Waals surface area contributed by atoms with Crippen molar-refractivity contribution < 1.29 is 14.5 Å². The fourth-order valence-electron chi connectivity index (χ4n) is 3.40. The van der Waals surface area contributed by atoms with E-state index in [4.69, 9.17) is 11.6 Å². The number of fused-ring (bicyclic) bond motifs is 1. The molecule has 31 heavy (non-hydrogen) atoms. The highest BCUT2D eigenvalue weighted by Gasteiger charge is 2.36. The average molecular weight is 459 g/mol. The number of rotatable bonds is 4. The van der Waals surface area contributed by atoms with Gasteiger partial charge in [-0.3, -0.25) is 33.7 Å². The first-order chi connectivity index (χ1) is 14.7. The molecule has 1 aliphatic rings. The molecule has 1 fully saturated rings. The predicted octanol–water partition coefficient (Wildman–Crippen LogP) is 3.68. The highest BCUT2D eigenvalue weighted by atomic mass is 35.5. The van der Waals surface area contributed by atoms with E-state index in [1.54, 1.807) is 31.3 Å². The van der Waals surface area contributed by atoms with Gasteiger partial charge in [0.05, 0.1) is 33.0 Å². The molecule has 11 heteroatoms. The van der Waals surface area contributed by atoms with Crippen LogP contribution in [-0.2, 0) is 25.4 Å². The van der Waals surface area contributed by atoms with Crippen LogP contribution in [0.5, 0.6) is 0 Å². The Hall–Kier alpha value is -3.37. The summed E-state index contributed by atoms with van der Waals surface area (Å²) in [7, 11) is 3.08. The SMILES string of the molecule is Cn1c(=O)n(C)c2cc([N+](=O)[O-])c(/C=C3\SC(=O)N(Cc4ccccc4Cl)C3=O)cc21. The number of imidazole rings is 1. The van der Waals surface area contributed by atoms with E-state index in [0.29, 0.717) is 33.4 Å². The minimum atomic E-state index is -0.587. The molecule has 1 aliphatic heterocycles. The van der Waals surface area contributed by atoms with Gasteiger partial charge in [0.15, 0.2) is 0 Å². The minimum absolute atomic E-state index is 0.00397. The number of carbonyl (C=O) groups excluding carboxylic acids is 2. The molecule has 2 aromatic carbocycles. The number of nitro benzene ring substituents is 1. The van der Waals surface area contributed by atoms with Crippen LogP contribution in [-0.4, -0.2) is 30.1 Å². The minimum Gasteiger partial charge on any atom is -0.295 e. The zero-order chi connectivity index (χ0) is 22.4. The molecule has 0 bridgehead atoms. The Balaban J connectivity index is 1.77. The van der Waals surface area contributed by atoms with Crippen LogP contribution in [0.25, 0.3) is 17.1 Å². The lowest BCUT2D eigenvalue weighted by atomic mass is 10.1. The second-order valence-corrected chi connectivity index (χ2v) is 8.32. The number of aromatic nitrogens is 2. The predicted molar refractivity (Wildman–Crippen MR) is 118 cm³/mol. The maximum atomic E-state index is 12.8. The number of hydrogen-bond donors (Lipinski definition) is 0. The molecule has 0 radical (unpaired) electrons. The summed E-state index contributed by atoms with van der Waals surface area (Å²) in [5.74, 6) is -0.564. The van der Waals surface area contributed by atoms with Gasteiger partial charge in [0.25, 0.3) is 16.8 Å². The molecule has 158 valence electrons. The lowest BCUT2D eigenvalue weighted by Gasteiger charge is -2.13. The van der Waals surface area contributed by atoms with Crippen molar-refractivity contribution in [1.29, 1.82) is 0 Å². The third kappa shape index (κ3) is 3.53. The van der Waals surface area contributed by atoms with Gasteiger partial charge in [0.2, 0.25) is 0 Å². The largest absolute Gasteiger partial charge is 0.328 e. The zero-order valence-corrected chi connectivity index (χ0v) is 17.9. The van der Waals surface area contributed by atoms with Crippen molar-refractivity contribution >= 4 is 57.3 Å². The molecule has 0 atom stereocenters. The van der Waals surface area contributed by atoms with E-state index < -0.39 is 16.1 Å². The number of nitrogens with zero attached hydrogens (tertiary/aromatic N) is 4. The van der Waals surface area contributed by atoms with Gasteiger partial charge in [-0.15, -0.1) is 0 Å². The molecule has 3 aromatic rings. The van der Waals surface area contributed by atoms with Crippen molar-refractivity contribution in [2.24, 2.45) is 14.1 Å². The first-order valence-corrected chi connectivity index (χ1v) is 10.2. The number of thioether (sulfide) groups is 1. The maximum Gasteiger partial charge on any atom is 0.328 e. The van der Waals surface area contributed by atoms with Crippen LogP contribution in [0.15, 0.2) is 46.1 Å². The summed E-state index contributed by atoms with van der Waals surface area (Å²) >= 11 is 6.83. The van der Waals surface area contributed by atoms with E-state index >= 15 is 0 Å². The van der Waals surface area contributed by atoms with Crippen molar-refractivity contribution in [3.8, 4) is 0 Å². The van der Waals surface area contributed by atoms with Gasteiger partial charge in [-0.1, -0.05) is 29.8 Å². The van der Waals surface area contributed by atoms with Gasteiger partial charge in [0.1, 0.15) is 0 Å². The Labute approximate surface area is 184 Å². The van der Waals surface area contributed by atoms with Crippen LogP contribution in [0.2, 0.25) is 5.02 Å². The Morgan fingerprint density at radius 3 is 2.39 bits per heavy atom. The molecule has 0 aliphatic carbocycles. The van der Waals surface area contributed by atoms with Gasteiger partial charge in [0, 0.05) is 25.2 Å². The summed E-state index contributed by atoms with van der Waals surface area (Å²) < 4.78 is 2.67. The number of benzene rings is 2. The first-order valence-electron chi connectivity index (χ1n) is 9.01. The second-order valence-electron chi connectivity index (χ2n) is 6.92. The highest BCUT2D eigenvalue weighted by Crippen LogP contribution is 2.36. The third-order valence-corrected chi connectivity index (χ3v) is 6.34. The summed E-state index contributed by atoms with van der Waals surface area (Å²) in [5.41, 5.74) is 0.997. The number of amides is 2. The van der Waals surface area contributed by atoms with E-state index in [9.17, 15) is 24.5 Å². The number of imide groups is 1. The van der Waals surface area contributed by atoms with Gasteiger partial charge in [-0.2, -0.15) is 0 Å². The second kappa shape index (κ2) is 7.71. The molecular weight excluding hydrogens is 444 g/mol. The summed E-state index contributed by atoms with van der Waals surface area (Å²) in [6.45, 7) is -0.00397. The summed E-state index contributed by atoms with van der Waals surface area (Å²) in [6, 6.07) is 9.62. The number of hydrogen-bond acceptors (Lipinski definition) is 6. The topological polar surface area (TPSA) is 107 Å². The van der Waals surface area contributed by atoms with Crippen molar-refractivity contribution in [1.82, 2.24) is 14.0 Å². The molecule has 0 spiro atoms. The van der Waals surface area contributed by atoms with Crippen molar-refractivity contribution in [2.45, 2.75) is 6.54 Å². The lowest BCUT2D eigenvalue weighted by Crippen LogP contribution is -2.27. The molecule has 0 N–H and O–H groups in total. The average Bonchev–Trinajstić information content (AvgIpc) is 3.11. The van der Waals surface area contributed by atoms with Gasteiger partial charge >= 0.3 is 5.69 Å². The van der Waals surface area contributed by atoms with E-state index in [1.165, 1.54) is 34.4 Å². The Bertz CT molecular complexity index is 1370. The smallest absolute Gasteiger partial charge is 0.295 e. The summed E-state index contributed by atoms with van der Waals surface area (Å²) in [5, 5.41) is 11.6. The van der Waals surface area contributed by atoms with E-state index in [-0.39, 0.29) is 28.4 Å². The summed E-state index contributed by atoms with van der Waals surface area (Å²) in [4.78, 5) is 49.6. The van der Waals surface area contributed by atoms with Crippen LogP contribution in [0, 0.1) is 10.1 Å². The fourth-order valence-corrected chi connectivity index (χ4v) is 4.42. The van der Waals surface area contributed by atoms with Crippen molar-refractivity contribution in [3.63, 3.8) is 0 Å². The van der Waals surface area contributed by atoms with E-state index in [2.05, 4.69) is 0 Å². The molecule has 0 saturated carbocycles. The Morgan fingerprint density at radius 2 is 1.74 bits per heavy atom. The summed E-state index contributed by atoms with van der Waals surface area (Å²) in [6.07, 6.45) is 1.31. The zero-order valence-electron chi connectivity index (χ0n) is 16.4. The number of halogens is 1. The molecule has 0 unspecified atom stereocenters. The van der Waals surface area contributed by atoms with Crippen LogP contribution >= 0.6 is 23.4 Å². The van der Waals surface area contributed by atoms with Crippen molar-refractivity contribution in [2.75, 3.05) is 0 Å². The van der Waals surface area contributed by atoms with Gasteiger partial charge < -0.3 is 0 Å². The molecule has 9 nitrogen and oxygen atoms in total. The maximum absolute atomic E-state index is 12.8. The molecule has 2 heterocycles. The van der Waals surface area contributed by atoms with E-state index in [1.807, 2.05) is 0 Å². The lowest BCUT2D eigenvalue weighted by molar-refractivity contribution is -0.385. The molecular formula is C20H15ClN4O5S. The van der Waals surface area contributed by atoms with Crippen LogP contribution in [0.1, 0.15) is 11.1 Å². The van der Waals surface area contributed by atoms with Gasteiger partial charge in [-0.05, 0) is 35.5 Å². The quantitative estimate of drug-likeness (QED) is 0.335. The monoisotopic (exact) mass is 458 g/mol. The first kappa shape index (κ1) is 20.9. The highest BCUT2D eigenvalue weighted by molar-refractivity contribution is 8.18. The standard InChI is InChI=1S/C20H15ClN4O5S/c1-22-15-7-12(14(25(29)30)9-16(15)23(2)19(22)27)8-17-18(26)24(20(28)31-17)10-11-5-3-4-6-13(11)21/h3-9H,10H2,1-2H3/b17-8-. The molecule has 4 rings (SSSR count). The van der Waals surface area contributed by atoms with Crippen molar-refractivity contribution in [3.05, 3.63) is 78.1 Å². The number of aryl methyl sites for hydroxylation is 2. The Morgan fingerprint density at radius 1 is 1.10 bits per heavy atom. The fraction of sp³-hybridized carbons (Fsp3) is 0.150. The van der Waals surface area contributed by atoms with Gasteiger partial charge in [-0.25, -0.2) is 4.79 Å². The van der Waals surface area contributed by atoms with Crippen LogP contribution in [0.3, 0.4) is 0 Å². The Kier molecular flexibility index (Phi) is 5.19. The molecule has 1 saturated heterocycles. The molecule has 1 aromatic heterocycles. The normalized spacial score (nSPS) is 15.5.